The van der Waals surface area contributed by atoms with Crippen molar-refractivity contribution in [1.29, 1.82) is 0 Å². The fraction of sp³-hybridized carbons (Fsp3) is 0.312. The van der Waals surface area contributed by atoms with Gasteiger partial charge in [0, 0.05) is 32.3 Å². The van der Waals surface area contributed by atoms with Crippen LogP contribution in [-0.2, 0) is 4.74 Å². The molecule has 2 aromatic carbocycles. The van der Waals surface area contributed by atoms with E-state index in [1.165, 1.54) is 0 Å². The molecule has 2 aromatic rings. The maximum atomic E-state index is 12.2. The first-order chi connectivity index (χ1) is 9.83. The Bertz CT molecular complexity index is 570. The minimum atomic E-state index is -0.0321. The highest BCUT2D eigenvalue weighted by Crippen LogP contribution is 2.18. The second-order valence-corrected chi connectivity index (χ2v) is 4.53. The lowest BCUT2D eigenvalue weighted by molar-refractivity contribution is 0.0955. The number of halogens is 1. The highest BCUT2D eigenvalue weighted by atomic mass is 35.5. The van der Waals surface area contributed by atoms with E-state index in [0.29, 0.717) is 13.2 Å². The maximum Gasteiger partial charge on any atom is 0.251 e. The number of nitrogens with one attached hydrogen (secondary N) is 2. The second kappa shape index (κ2) is 9.34. The lowest BCUT2D eigenvalue weighted by Crippen LogP contribution is -2.33. The fourth-order valence-corrected chi connectivity index (χ4v) is 2.08. The Morgan fingerprint density at radius 3 is 2.62 bits per heavy atom. The number of carbonyl (C=O) groups excluding carboxylic acids is 1. The molecule has 0 aliphatic heterocycles. The summed E-state index contributed by atoms with van der Waals surface area (Å²) in [4.78, 5) is 12.2. The summed E-state index contributed by atoms with van der Waals surface area (Å²) in [6, 6.07) is 13.7. The van der Waals surface area contributed by atoms with Gasteiger partial charge in [0.1, 0.15) is 0 Å². The molecule has 0 aromatic heterocycles. The first kappa shape index (κ1) is 17.4. The van der Waals surface area contributed by atoms with Gasteiger partial charge in [-0.3, -0.25) is 4.79 Å². The van der Waals surface area contributed by atoms with Gasteiger partial charge in [0.05, 0.1) is 6.61 Å². The average molecular weight is 309 g/mol. The van der Waals surface area contributed by atoms with Gasteiger partial charge in [0.25, 0.3) is 5.91 Å². The van der Waals surface area contributed by atoms with Crippen LogP contribution in [0, 0.1) is 0 Å². The van der Waals surface area contributed by atoms with E-state index in [1.54, 1.807) is 7.11 Å². The van der Waals surface area contributed by atoms with E-state index in [0.717, 1.165) is 29.4 Å². The van der Waals surface area contributed by atoms with Crippen molar-refractivity contribution < 1.29 is 9.53 Å². The van der Waals surface area contributed by atoms with Crippen LogP contribution in [0.25, 0.3) is 10.8 Å². The quantitative estimate of drug-likeness (QED) is 0.771. The Morgan fingerprint density at radius 1 is 1.05 bits per heavy atom. The zero-order valence-corrected chi connectivity index (χ0v) is 12.9. The van der Waals surface area contributed by atoms with Crippen molar-refractivity contribution in [1.82, 2.24) is 10.6 Å². The predicted octanol–water partition coefficient (Wildman–Crippen LogP) is 2.23. The van der Waals surface area contributed by atoms with Gasteiger partial charge in [0.2, 0.25) is 0 Å². The Labute approximate surface area is 131 Å². The van der Waals surface area contributed by atoms with Crippen molar-refractivity contribution in [3.05, 3.63) is 48.0 Å². The smallest absolute Gasteiger partial charge is 0.251 e. The zero-order valence-electron chi connectivity index (χ0n) is 12.1. The van der Waals surface area contributed by atoms with Gasteiger partial charge in [-0.25, -0.2) is 0 Å². The molecule has 0 atom stereocenters. The molecule has 4 nitrogen and oxygen atoms in total. The van der Waals surface area contributed by atoms with E-state index >= 15 is 0 Å². The maximum absolute atomic E-state index is 12.2. The number of hydrogen-bond acceptors (Lipinski definition) is 3. The van der Waals surface area contributed by atoms with E-state index in [9.17, 15) is 4.79 Å². The van der Waals surface area contributed by atoms with Crippen LogP contribution >= 0.6 is 12.4 Å². The van der Waals surface area contributed by atoms with Gasteiger partial charge in [-0.2, -0.15) is 0 Å². The molecule has 1 amide bonds. The molecule has 0 saturated heterocycles. The molecule has 0 aliphatic carbocycles. The molecule has 0 radical (unpaired) electrons. The Hall–Kier alpha value is -1.62. The van der Waals surface area contributed by atoms with Crippen LogP contribution in [0.3, 0.4) is 0 Å². The molecule has 0 aliphatic rings. The summed E-state index contributed by atoms with van der Waals surface area (Å²) in [5.74, 6) is -0.0321. The van der Waals surface area contributed by atoms with Gasteiger partial charge in [-0.15, -0.1) is 12.4 Å². The van der Waals surface area contributed by atoms with Crippen LogP contribution in [0.1, 0.15) is 10.4 Å². The zero-order chi connectivity index (χ0) is 14.2. The third kappa shape index (κ3) is 5.01. The first-order valence-electron chi connectivity index (χ1n) is 6.78. The summed E-state index contributed by atoms with van der Waals surface area (Å²) in [7, 11) is 1.67. The number of rotatable bonds is 7. The minimum absolute atomic E-state index is 0. The summed E-state index contributed by atoms with van der Waals surface area (Å²) >= 11 is 0. The number of hydrogen-bond donors (Lipinski definition) is 2. The molecule has 0 heterocycles. The van der Waals surface area contributed by atoms with Crippen molar-refractivity contribution in [2.24, 2.45) is 0 Å². The highest BCUT2D eigenvalue weighted by Gasteiger charge is 2.08. The number of methoxy groups -OCH3 is 1. The molecule has 114 valence electrons. The van der Waals surface area contributed by atoms with Gasteiger partial charge >= 0.3 is 0 Å². The summed E-state index contributed by atoms with van der Waals surface area (Å²) in [6.45, 7) is 2.81. The van der Waals surface area contributed by atoms with Crippen LogP contribution in [0.5, 0.6) is 0 Å². The van der Waals surface area contributed by atoms with Gasteiger partial charge in [-0.05, 0) is 16.8 Å². The van der Waals surface area contributed by atoms with E-state index < -0.39 is 0 Å². The molecule has 0 spiro atoms. The molecule has 2 rings (SSSR count). The molecule has 0 bridgehead atoms. The fourth-order valence-electron chi connectivity index (χ4n) is 2.08. The summed E-state index contributed by atoms with van der Waals surface area (Å²) < 4.78 is 4.94. The van der Waals surface area contributed by atoms with Crippen LogP contribution in [-0.4, -0.2) is 39.3 Å². The second-order valence-electron chi connectivity index (χ2n) is 4.53. The van der Waals surface area contributed by atoms with Crippen molar-refractivity contribution >= 4 is 29.1 Å². The van der Waals surface area contributed by atoms with Crippen LogP contribution in [0.4, 0.5) is 0 Å². The normalized spacial score (nSPS) is 10.1. The predicted molar refractivity (Wildman–Crippen MR) is 88.3 cm³/mol. The van der Waals surface area contributed by atoms with E-state index in [-0.39, 0.29) is 18.3 Å². The van der Waals surface area contributed by atoms with Gasteiger partial charge < -0.3 is 15.4 Å². The summed E-state index contributed by atoms with van der Waals surface area (Å²) in [6.07, 6.45) is 0. The van der Waals surface area contributed by atoms with Crippen molar-refractivity contribution in [2.45, 2.75) is 0 Å². The molecule has 0 fully saturated rings. The monoisotopic (exact) mass is 308 g/mol. The van der Waals surface area contributed by atoms with E-state index in [4.69, 9.17) is 4.74 Å². The summed E-state index contributed by atoms with van der Waals surface area (Å²) in [5, 5.41) is 8.18. The van der Waals surface area contributed by atoms with E-state index in [1.807, 2.05) is 42.5 Å². The lowest BCUT2D eigenvalue weighted by atomic mass is 10.0. The third-order valence-electron chi connectivity index (χ3n) is 3.10. The van der Waals surface area contributed by atoms with Crippen molar-refractivity contribution in [3.63, 3.8) is 0 Å². The molecule has 2 N–H and O–H groups in total. The van der Waals surface area contributed by atoms with Gasteiger partial charge in [-0.1, -0.05) is 36.4 Å². The Kier molecular flexibility index (Phi) is 7.75. The molecule has 0 saturated carbocycles. The highest BCUT2D eigenvalue weighted by molar-refractivity contribution is 6.06. The number of carbonyl (C=O) groups is 1. The molecular weight excluding hydrogens is 288 g/mol. The third-order valence-corrected chi connectivity index (χ3v) is 3.10. The van der Waals surface area contributed by atoms with Crippen molar-refractivity contribution in [3.8, 4) is 0 Å². The number of amides is 1. The standard InChI is InChI=1S/C16H20N2O2.ClH/c1-20-12-11-17-9-10-18-16(19)15-8-4-6-13-5-2-3-7-14(13)15;/h2-8,17H,9-12H2,1H3,(H,18,19);1H. The average Bonchev–Trinajstić information content (AvgIpc) is 2.50. The summed E-state index contributed by atoms with van der Waals surface area (Å²) in [5.41, 5.74) is 0.722. The first-order valence-corrected chi connectivity index (χ1v) is 6.78. The van der Waals surface area contributed by atoms with Crippen LogP contribution in [0.15, 0.2) is 42.5 Å². The van der Waals surface area contributed by atoms with Gasteiger partial charge in [0.15, 0.2) is 0 Å². The molecular formula is C16H21ClN2O2. The molecule has 21 heavy (non-hydrogen) atoms. The van der Waals surface area contributed by atoms with Crippen LogP contribution < -0.4 is 10.6 Å². The number of benzene rings is 2. The molecule has 0 unspecified atom stereocenters. The Balaban J connectivity index is 0.00000220. The number of fused-ring (bicyclic) bond motifs is 1. The largest absolute Gasteiger partial charge is 0.383 e. The number of ether oxygens (including phenoxy) is 1. The topological polar surface area (TPSA) is 50.4 Å². The van der Waals surface area contributed by atoms with Crippen LogP contribution in [0.2, 0.25) is 0 Å². The minimum Gasteiger partial charge on any atom is -0.383 e. The SMILES string of the molecule is COCCNCCNC(=O)c1cccc2ccccc12.Cl. The Morgan fingerprint density at radius 2 is 1.81 bits per heavy atom. The lowest BCUT2D eigenvalue weighted by Gasteiger charge is -2.08. The van der Waals surface area contributed by atoms with E-state index in [2.05, 4.69) is 10.6 Å². The van der Waals surface area contributed by atoms with Crippen molar-refractivity contribution in [2.75, 3.05) is 33.4 Å². The molecule has 5 heteroatoms.